The number of fused-ring (bicyclic) bond motifs is 1. The van der Waals surface area contributed by atoms with Crippen LogP contribution >= 0.6 is 11.8 Å². The molecule has 0 aliphatic carbocycles. The number of hydrogen-bond donors (Lipinski definition) is 1. The molecule has 1 aliphatic heterocycles. The Morgan fingerprint density at radius 2 is 1.95 bits per heavy atom. The normalized spacial score (nSPS) is 15.6. The minimum absolute atomic E-state index is 0.0132. The van der Waals surface area contributed by atoms with E-state index in [2.05, 4.69) is 0 Å². The van der Waals surface area contributed by atoms with Crippen molar-refractivity contribution in [2.45, 2.75) is 13.0 Å². The van der Waals surface area contributed by atoms with Crippen molar-refractivity contribution in [1.29, 1.82) is 0 Å². The van der Waals surface area contributed by atoms with Gasteiger partial charge in [0.1, 0.15) is 0 Å². The summed E-state index contributed by atoms with van der Waals surface area (Å²) in [4.78, 5) is 36.4. The number of hydrogen-bond acceptors (Lipinski definition) is 4. The van der Waals surface area contributed by atoms with Gasteiger partial charge in [-0.1, -0.05) is 0 Å². The van der Waals surface area contributed by atoms with Gasteiger partial charge in [0.05, 0.1) is 16.7 Å². The average molecular weight is 279 g/mol. The Morgan fingerprint density at radius 1 is 1.32 bits per heavy atom. The first kappa shape index (κ1) is 13.6. The van der Waals surface area contributed by atoms with Crippen LogP contribution in [0.1, 0.15) is 38.0 Å². The fourth-order valence-electron chi connectivity index (χ4n) is 2.11. The van der Waals surface area contributed by atoms with Crippen molar-refractivity contribution in [1.82, 2.24) is 4.90 Å². The Balaban J connectivity index is 2.41. The van der Waals surface area contributed by atoms with E-state index in [9.17, 15) is 14.4 Å². The maximum atomic E-state index is 12.2. The Morgan fingerprint density at radius 3 is 2.53 bits per heavy atom. The molecule has 1 aromatic carbocycles. The molecular formula is C13H13NO4S. The highest BCUT2D eigenvalue weighted by Crippen LogP contribution is 2.26. The van der Waals surface area contributed by atoms with Gasteiger partial charge in [-0.05, 0) is 31.4 Å². The minimum atomic E-state index is -1.11. The maximum Gasteiger partial charge on any atom is 0.335 e. The fraction of sp³-hybridized carbons (Fsp3) is 0.308. The minimum Gasteiger partial charge on any atom is -0.478 e. The molecule has 1 aromatic rings. The predicted octanol–water partition coefficient (Wildman–Crippen LogP) is 1.73. The van der Waals surface area contributed by atoms with Gasteiger partial charge in [0.25, 0.3) is 11.8 Å². The molecule has 5 nitrogen and oxygen atoms in total. The van der Waals surface area contributed by atoms with Crippen LogP contribution in [-0.2, 0) is 0 Å². The Bertz CT molecular complexity index is 570. The van der Waals surface area contributed by atoms with E-state index in [4.69, 9.17) is 5.11 Å². The second-order valence-electron chi connectivity index (χ2n) is 4.35. The maximum absolute atomic E-state index is 12.2. The standard InChI is InChI=1S/C13H13NO4S/c1-7(6-19-2)14-11(15)9-4-3-8(13(17)18)5-10(9)12(14)16/h3-5,7H,6H2,1-2H3,(H,17,18). The molecule has 0 fully saturated rings. The van der Waals surface area contributed by atoms with Crippen LogP contribution in [0.15, 0.2) is 18.2 Å². The summed E-state index contributed by atoms with van der Waals surface area (Å²) >= 11 is 1.55. The molecule has 0 radical (unpaired) electrons. The van der Waals surface area contributed by atoms with Gasteiger partial charge in [-0.3, -0.25) is 14.5 Å². The van der Waals surface area contributed by atoms with Crippen molar-refractivity contribution in [3.63, 3.8) is 0 Å². The third-order valence-corrected chi connectivity index (χ3v) is 3.83. The molecule has 6 heteroatoms. The molecule has 100 valence electrons. The van der Waals surface area contributed by atoms with Gasteiger partial charge >= 0.3 is 5.97 Å². The summed E-state index contributed by atoms with van der Waals surface area (Å²) < 4.78 is 0. The molecule has 1 atom stereocenters. The lowest BCUT2D eigenvalue weighted by Gasteiger charge is -2.21. The Kier molecular flexibility index (Phi) is 3.61. The number of aromatic carboxylic acids is 1. The number of nitrogens with zero attached hydrogens (tertiary/aromatic N) is 1. The molecule has 19 heavy (non-hydrogen) atoms. The van der Waals surface area contributed by atoms with Crippen molar-refractivity contribution in [2.75, 3.05) is 12.0 Å². The number of thioether (sulfide) groups is 1. The first-order valence-electron chi connectivity index (χ1n) is 5.71. The number of imide groups is 1. The lowest BCUT2D eigenvalue weighted by atomic mass is 10.1. The van der Waals surface area contributed by atoms with Crippen molar-refractivity contribution in [3.05, 3.63) is 34.9 Å². The Labute approximate surface area is 114 Å². The number of carbonyl (C=O) groups excluding carboxylic acids is 2. The van der Waals surface area contributed by atoms with Crippen molar-refractivity contribution in [2.24, 2.45) is 0 Å². The zero-order valence-corrected chi connectivity index (χ0v) is 11.4. The summed E-state index contributed by atoms with van der Waals surface area (Å²) in [6, 6.07) is 3.81. The van der Waals surface area contributed by atoms with Crippen molar-refractivity contribution in [3.8, 4) is 0 Å². The van der Waals surface area contributed by atoms with E-state index in [1.54, 1.807) is 18.7 Å². The average Bonchev–Trinajstić information content (AvgIpc) is 2.62. The third kappa shape index (κ3) is 2.23. The van der Waals surface area contributed by atoms with Crippen LogP contribution in [0.5, 0.6) is 0 Å². The Hall–Kier alpha value is -1.82. The van der Waals surface area contributed by atoms with Crippen LogP contribution < -0.4 is 0 Å². The van der Waals surface area contributed by atoms with Gasteiger partial charge in [-0.15, -0.1) is 0 Å². The first-order chi connectivity index (χ1) is 8.97. The predicted molar refractivity (Wildman–Crippen MR) is 71.7 cm³/mol. The molecule has 0 saturated heterocycles. The molecule has 1 heterocycles. The lowest BCUT2D eigenvalue weighted by molar-refractivity contribution is 0.0611. The van der Waals surface area contributed by atoms with Crippen LogP contribution in [0.4, 0.5) is 0 Å². The number of carboxylic acid groups (broad SMARTS) is 1. The molecule has 0 bridgehead atoms. The smallest absolute Gasteiger partial charge is 0.335 e. The summed E-state index contributed by atoms with van der Waals surface area (Å²) in [6.07, 6.45) is 1.90. The van der Waals surface area contributed by atoms with Gasteiger partial charge < -0.3 is 5.11 Å². The second kappa shape index (κ2) is 5.05. The molecule has 0 aromatic heterocycles. The number of amides is 2. The molecule has 2 amide bonds. The number of rotatable bonds is 4. The van der Waals surface area contributed by atoms with E-state index in [1.165, 1.54) is 23.1 Å². The summed E-state index contributed by atoms with van der Waals surface area (Å²) in [7, 11) is 0. The zero-order chi connectivity index (χ0) is 14.2. The quantitative estimate of drug-likeness (QED) is 0.850. The fourth-order valence-corrected chi connectivity index (χ4v) is 2.74. The topological polar surface area (TPSA) is 74.7 Å². The summed E-state index contributed by atoms with van der Waals surface area (Å²) in [5.41, 5.74) is 0.472. The van der Waals surface area contributed by atoms with Gasteiger partial charge in [-0.2, -0.15) is 11.8 Å². The number of carbonyl (C=O) groups is 3. The number of benzene rings is 1. The lowest BCUT2D eigenvalue weighted by Crippen LogP contribution is -2.39. The van der Waals surface area contributed by atoms with E-state index >= 15 is 0 Å². The molecular weight excluding hydrogens is 266 g/mol. The largest absolute Gasteiger partial charge is 0.478 e. The van der Waals surface area contributed by atoms with Crippen LogP contribution in [0, 0.1) is 0 Å². The molecule has 1 aliphatic rings. The highest BCUT2D eigenvalue weighted by atomic mass is 32.2. The van der Waals surface area contributed by atoms with E-state index in [1.807, 2.05) is 6.26 Å². The summed E-state index contributed by atoms with van der Waals surface area (Å²) in [5, 5.41) is 8.91. The molecule has 2 rings (SSSR count). The van der Waals surface area contributed by atoms with Gasteiger partial charge in [0.2, 0.25) is 0 Å². The number of carboxylic acids is 1. The van der Waals surface area contributed by atoms with E-state index in [0.29, 0.717) is 5.75 Å². The van der Waals surface area contributed by atoms with Crippen molar-refractivity contribution >= 4 is 29.5 Å². The van der Waals surface area contributed by atoms with E-state index < -0.39 is 11.9 Å². The molecule has 0 spiro atoms. The molecule has 0 saturated carbocycles. The van der Waals surface area contributed by atoms with Crippen LogP contribution in [-0.4, -0.2) is 45.8 Å². The monoisotopic (exact) mass is 279 g/mol. The highest BCUT2D eigenvalue weighted by Gasteiger charge is 2.38. The van der Waals surface area contributed by atoms with E-state index in [-0.39, 0.29) is 28.6 Å². The molecule has 1 unspecified atom stereocenters. The third-order valence-electron chi connectivity index (χ3n) is 3.01. The SMILES string of the molecule is CSCC(C)N1C(=O)c2ccc(C(=O)O)cc2C1=O. The van der Waals surface area contributed by atoms with Crippen LogP contribution in [0.2, 0.25) is 0 Å². The first-order valence-corrected chi connectivity index (χ1v) is 7.11. The molecule has 1 N–H and O–H groups in total. The highest BCUT2D eigenvalue weighted by molar-refractivity contribution is 7.98. The van der Waals surface area contributed by atoms with Gasteiger partial charge in [0.15, 0.2) is 0 Å². The zero-order valence-electron chi connectivity index (χ0n) is 10.5. The van der Waals surface area contributed by atoms with Crippen molar-refractivity contribution < 1.29 is 19.5 Å². The summed E-state index contributed by atoms with van der Waals surface area (Å²) in [5.74, 6) is -1.22. The summed E-state index contributed by atoms with van der Waals surface area (Å²) in [6.45, 7) is 1.80. The second-order valence-corrected chi connectivity index (χ2v) is 5.26. The van der Waals surface area contributed by atoms with Gasteiger partial charge in [-0.25, -0.2) is 4.79 Å². The van der Waals surface area contributed by atoms with Crippen LogP contribution in [0.25, 0.3) is 0 Å². The van der Waals surface area contributed by atoms with Gasteiger partial charge in [0, 0.05) is 11.8 Å². The van der Waals surface area contributed by atoms with E-state index in [0.717, 1.165) is 0 Å². The van der Waals surface area contributed by atoms with Crippen LogP contribution in [0.3, 0.4) is 0 Å².